The Bertz CT molecular complexity index is 733. The number of carbonyl (C=O) groups excluding carboxylic acids is 1. The highest BCUT2D eigenvalue weighted by atomic mass is 31.2. The van der Waals surface area contributed by atoms with Crippen molar-refractivity contribution in [1.82, 2.24) is 5.32 Å². The quantitative estimate of drug-likeness (QED) is 0.0350. The molecular weight excluding hydrogens is 599 g/mol. The number of nitrogens with one attached hydrogen (secondary N) is 1. The summed E-state index contributed by atoms with van der Waals surface area (Å²) in [6.45, 7) is 4.55. The van der Waals surface area contributed by atoms with Crippen molar-refractivity contribution in [3.8, 4) is 0 Å². The molecule has 0 aromatic carbocycles. The fraction of sp³-hybridized carbons (Fsp3) is 0.973. The lowest BCUT2D eigenvalue weighted by atomic mass is 10.0. The van der Waals surface area contributed by atoms with E-state index in [1.165, 1.54) is 128 Å². The van der Waals surface area contributed by atoms with E-state index >= 15 is 0 Å². The smallest absolute Gasteiger partial charge is 0.391 e. The third-order valence-electron chi connectivity index (χ3n) is 8.83. The van der Waals surface area contributed by atoms with Crippen molar-refractivity contribution in [1.29, 1.82) is 0 Å². The van der Waals surface area contributed by atoms with Gasteiger partial charge in [0, 0.05) is 6.42 Å². The Morgan fingerprint density at radius 3 is 1.41 bits per heavy atom. The summed E-state index contributed by atoms with van der Waals surface area (Å²) in [5.74, 6) is -0.196. The molecule has 1 amide bonds. The molecule has 8 nitrogen and oxygen atoms in total. The number of carbonyl (C=O) groups is 1. The van der Waals surface area contributed by atoms with Crippen LogP contribution in [0, 0.1) is 0 Å². The second-order valence-electron chi connectivity index (χ2n) is 14.7. The zero-order chi connectivity index (χ0) is 34.4. The van der Waals surface area contributed by atoms with Crippen molar-refractivity contribution in [2.75, 3.05) is 40.9 Å². The van der Waals surface area contributed by atoms with E-state index in [2.05, 4.69) is 12.2 Å². The van der Waals surface area contributed by atoms with Crippen LogP contribution >= 0.6 is 7.82 Å². The lowest BCUT2D eigenvalue weighted by molar-refractivity contribution is -0.870. The van der Waals surface area contributed by atoms with Crippen LogP contribution in [0.25, 0.3) is 0 Å². The van der Waals surface area contributed by atoms with Gasteiger partial charge >= 0.3 is 7.82 Å². The minimum Gasteiger partial charge on any atom is -0.391 e. The predicted molar refractivity (Wildman–Crippen MR) is 194 cm³/mol. The molecule has 0 radical (unpaired) electrons. The van der Waals surface area contributed by atoms with Crippen LogP contribution in [0.15, 0.2) is 0 Å². The monoisotopic (exact) mass is 678 g/mol. The molecule has 3 N–H and O–H groups in total. The highest BCUT2D eigenvalue weighted by molar-refractivity contribution is 7.47. The molecule has 0 aromatic heterocycles. The summed E-state index contributed by atoms with van der Waals surface area (Å²) in [4.78, 5) is 22.3. The number of hydrogen-bond acceptors (Lipinski definition) is 5. The first-order valence-corrected chi connectivity index (χ1v) is 20.9. The standard InChI is InChI=1S/C37H77N2O6P/c1-6-8-9-10-11-12-13-14-15-16-17-18-19-20-21-22-23-24-25-26-27-28-29-31-36(40)35(38-37(41)30-7-2)34-45-46(42,43)44-33-32-39(3,4)5/h35-36,40H,6-34H2,1-5H3,(H-,38,41,42,43)/p+1. The van der Waals surface area contributed by atoms with Gasteiger partial charge in [0.15, 0.2) is 0 Å². The van der Waals surface area contributed by atoms with Crippen molar-refractivity contribution >= 4 is 13.7 Å². The molecule has 0 spiro atoms. The summed E-state index contributed by atoms with van der Waals surface area (Å²) in [5.41, 5.74) is 0. The topological polar surface area (TPSA) is 105 Å². The molecule has 0 aliphatic carbocycles. The van der Waals surface area contributed by atoms with E-state index < -0.39 is 20.0 Å². The fourth-order valence-electron chi connectivity index (χ4n) is 5.74. The minimum atomic E-state index is -4.27. The fourth-order valence-corrected chi connectivity index (χ4v) is 6.47. The molecule has 0 saturated heterocycles. The van der Waals surface area contributed by atoms with Gasteiger partial charge in [-0.3, -0.25) is 13.8 Å². The van der Waals surface area contributed by atoms with Gasteiger partial charge < -0.3 is 19.8 Å². The SMILES string of the molecule is CCCCCCCCCCCCCCCCCCCCCCCCCC(O)C(COP(=O)(O)OCC[N+](C)(C)C)NC(=O)CCC. The van der Waals surface area contributed by atoms with Crippen LogP contribution in [0.4, 0.5) is 0 Å². The Balaban J connectivity index is 3.83. The molecule has 9 heteroatoms. The Kier molecular flexibility index (Phi) is 30.2. The zero-order valence-corrected chi connectivity index (χ0v) is 32.0. The van der Waals surface area contributed by atoms with E-state index in [-0.39, 0.29) is 19.1 Å². The van der Waals surface area contributed by atoms with Gasteiger partial charge in [0.1, 0.15) is 13.2 Å². The molecule has 0 aliphatic heterocycles. The van der Waals surface area contributed by atoms with Gasteiger partial charge in [-0.2, -0.15) is 0 Å². The number of aliphatic hydroxyl groups is 1. The number of hydrogen-bond donors (Lipinski definition) is 3. The van der Waals surface area contributed by atoms with Gasteiger partial charge in [-0.15, -0.1) is 0 Å². The van der Waals surface area contributed by atoms with Crippen LogP contribution in [0.5, 0.6) is 0 Å². The van der Waals surface area contributed by atoms with E-state index in [0.29, 0.717) is 30.3 Å². The van der Waals surface area contributed by atoms with Crippen molar-refractivity contribution < 1.29 is 32.9 Å². The number of rotatable bonds is 35. The first-order chi connectivity index (χ1) is 22.0. The van der Waals surface area contributed by atoms with E-state index in [9.17, 15) is 19.4 Å². The lowest BCUT2D eigenvalue weighted by Crippen LogP contribution is -2.46. The average Bonchev–Trinajstić information content (AvgIpc) is 2.98. The minimum absolute atomic E-state index is 0.0756. The molecule has 0 bridgehead atoms. The van der Waals surface area contributed by atoms with E-state index in [4.69, 9.17) is 9.05 Å². The Morgan fingerprint density at radius 1 is 0.652 bits per heavy atom. The number of aliphatic hydroxyl groups excluding tert-OH is 1. The number of likely N-dealkylation sites (N-methyl/N-ethyl adjacent to an activating group) is 1. The highest BCUT2D eigenvalue weighted by Crippen LogP contribution is 2.43. The van der Waals surface area contributed by atoms with Crippen LogP contribution in [0.2, 0.25) is 0 Å². The third-order valence-corrected chi connectivity index (χ3v) is 9.81. The van der Waals surface area contributed by atoms with E-state index in [1.54, 1.807) is 0 Å². The number of phosphoric ester groups is 1. The van der Waals surface area contributed by atoms with Crippen LogP contribution in [-0.4, -0.2) is 73.4 Å². The molecule has 0 rings (SSSR count). The zero-order valence-electron chi connectivity index (χ0n) is 31.1. The Morgan fingerprint density at radius 2 is 1.04 bits per heavy atom. The highest BCUT2D eigenvalue weighted by Gasteiger charge is 2.28. The van der Waals surface area contributed by atoms with Gasteiger partial charge in [-0.05, 0) is 12.8 Å². The summed E-state index contributed by atoms with van der Waals surface area (Å²) >= 11 is 0. The second-order valence-corrected chi connectivity index (χ2v) is 16.1. The maximum atomic E-state index is 12.3. The van der Waals surface area contributed by atoms with E-state index in [0.717, 1.165) is 19.3 Å². The lowest BCUT2D eigenvalue weighted by Gasteiger charge is -2.26. The molecule has 0 saturated carbocycles. The second kappa shape index (κ2) is 30.6. The number of unbranched alkanes of at least 4 members (excludes halogenated alkanes) is 22. The molecule has 0 fully saturated rings. The molecule has 276 valence electrons. The first-order valence-electron chi connectivity index (χ1n) is 19.4. The normalized spacial score (nSPS) is 14.7. The van der Waals surface area contributed by atoms with Crippen molar-refractivity contribution in [3.63, 3.8) is 0 Å². The molecule has 46 heavy (non-hydrogen) atoms. The third kappa shape index (κ3) is 32.1. The number of quaternary nitrogens is 1. The summed E-state index contributed by atoms with van der Waals surface area (Å²) in [6.07, 6.45) is 31.5. The average molecular weight is 678 g/mol. The Hall–Kier alpha value is -0.500. The number of nitrogens with zero attached hydrogens (tertiary/aromatic N) is 1. The number of phosphoric acid groups is 1. The maximum absolute atomic E-state index is 12.3. The molecule has 0 heterocycles. The van der Waals surface area contributed by atoms with Crippen LogP contribution < -0.4 is 5.32 Å². The van der Waals surface area contributed by atoms with Gasteiger partial charge in [-0.25, -0.2) is 4.57 Å². The first kappa shape index (κ1) is 45.5. The molecule has 0 aromatic rings. The summed E-state index contributed by atoms with van der Waals surface area (Å²) < 4.78 is 23.2. The van der Waals surface area contributed by atoms with Crippen LogP contribution in [0.3, 0.4) is 0 Å². The summed E-state index contributed by atoms with van der Waals surface area (Å²) in [6, 6.07) is -0.749. The maximum Gasteiger partial charge on any atom is 0.472 e. The number of amides is 1. The van der Waals surface area contributed by atoms with E-state index in [1.807, 2.05) is 28.1 Å². The predicted octanol–water partition coefficient (Wildman–Crippen LogP) is 9.85. The molecule has 3 atom stereocenters. The van der Waals surface area contributed by atoms with Crippen molar-refractivity contribution in [2.45, 2.75) is 193 Å². The van der Waals surface area contributed by atoms with Gasteiger partial charge in [0.25, 0.3) is 0 Å². The molecule has 3 unspecified atom stereocenters. The largest absolute Gasteiger partial charge is 0.472 e. The van der Waals surface area contributed by atoms with Crippen LogP contribution in [0.1, 0.15) is 181 Å². The Labute approximate surface area is 285 Å². The van der Waals surface area contributed by atoms with Gasteiger partial charge in [0.2, 0.25) is 5.91 Å². The van der Waals surface area contributed by atoms with Crippen molar-refractivity contribution in [3.05, 3.63) is 0 Å². The van der Waals surface area contributed by atoms with Crippen LogP contribution in [-0.2, 0) is 18.4 Å². The van der Waals surface area contributed by atoms with Gasteiger partial charge in [-0.1, -0.05) is 162 Å². The summed E-state index contributed by atoms with van der Waals surface area (Å²) in [5, 5.41) is 13.6. The molecular formula is C37H78N2O6P+. The van der Waals surface area contributed by atoms with Crippen molar-refractivity contribution in [2.24, 2.45) is 0 Å². The summed E-state index contributed by atoms with van der Waals surface area (Å²) in [7, 11) is 1.61. The van der Waals surface area contributed by atoms with Gasteiger partial charge in [0.05, 0.1) is 39.9 Å². The molecule has 0 aliphatic rings.